The molecule has 0 fully saturated rings. The van der Waals surface area contributed by atoms with Crippen molar-refractivity contribution in [3.05, 3.63) is 87.2 Å². The number of fused-ring (bicyclic) bond motifs is 3. The highest BCUT2D eigenvalue weighted by molar-refractivity contribution is 7.98. The van der Waals surface area contributed by atoms with E-state index in [0.29, 0.717) is 38.5 Å². The van der Waals surface area contributed by atoms with Gasteiger partial charge in [-0.15, -0.1) is 0 Å². The first kappa shape index (κ1) is 17.6. The quantitative estimate of drug-likeness (QED) is 0.284. The van der Waals surface area contributed by atoms with Gasteiger partial charge in [0.1, 0.15) is 5.82 Å². The molecule has 142 valence electrons. The molecule has 0 spiro atoms. The van der Waals surface area contributed by atoms with Gasteiger partial charge in [0.25, 0.3) is 11.1 Å². The zero-order valence-electron chi connectivity index (χ0n) is 15.5. The van der Waals surface area contributed by atoms with Crippen molar-refractivity contribution in [1.29, 1.82) is 0 Å². The molecule has 29 heavy (non-hydrogen) atoms. The summed E-state index contributed by atoms with van der Waals surface area (Å²) in [5, 5.41) is 3.78. The summed E-state index contributed by atoms with van der Waals surface area (Å²) in [6.45, 7) is 0. The maximum absolute atomic E-state index is 12.9. The molecule has 2 heterocycles. The average Bonchev–Trinajstić information content (AvgIpc) is 2.74. The van der Waals surface area contributed by atoms with Gasteiger partial charge in [0, 0.05) is 7.05 Å². The first-order valence-electron chi connectivity index (χ1n) is 9.10. The van der Waals surface area contributed by atoms with Crippen LogP contribution in [-0.4, -0.2) is 19.5 Å². The van der Waals surface area contributed by atoms with E-state index in [0.717, 1.165) is 10.8 Å². The SMILES string of the molecule is Cn1c(SCc2nc3ccccc3c(=O)[nH]2)nc2cc3ccccc3cc2c1=O. The van der Waals surface area contributed by atoms with Crippen LogP contribution in [0.5, 0.6) is 0 Å². The second-order valence-corrected chi connectivity index (χ2v) is 7.74. The van der Waals surface area contributed by atoms with Crippen LogP contribution < -0.4 is 11.1 Å². The number of hydrogen-bond donors (Lipinski definition) is 1. The number of rotatable bonds is 3. The third-order valence-electron chi connectivity index (χ3n) is 4.90. The van der Waals surface area contributed by atoms with E-state index in [9.17, 15) is 9.59 Å². The number of nitrogens with one attached hydrogen (secondary N) is 1. The van der Waals surface area contributed by atoms with Crippen LogP contribution >= 0.6 is 11.8 Å². The second-order valence-electron chi connectivity index (χ2n) is 6.79. The van der Waals surface area contributed by atoms with Crippen LogP contribution in [0.3, 0.4) is 0 Å². The van der Waals surface area contributed by atoms with Gasteiger partial charge in [-0.3, -0.25) is 14.2 Å². The first-order valence-corrected chi connectivity index (χ1v) is 10.1. The van der Waals surface area contributed by atoms with Gasteiger partial charge in [0.2, 0.25) is 0 Å². The molecular formula is C22H16N4O2S. The highest BCUT2D eigenvalue weighted by Crippen LogP contribution is 2.23. The predicted octanol–water partition coefficient (Wildman–Crippen LogP) is 3.62. The van der Waals surface area contributed by atoms with Crippen LogP contribution in [0.2, 0.25) is 0 Å². The Morgan fingerprint density at radius 1 is 0.897 bits per heavy atom. The molecule has 1 N–H and O–H groups in total. The van der Waals surface area contributed by atoms with E-state index in [1.165, 1.54) is 11.8 Å². The van der Waals surface area contributed by atoms with Crippen LogP contribution in [0.25, 0.3) is 32.6 Å². The molecule has 0 aliphatic carbocycles. The van der Waals surface area contributed by atoms with Crippen molar-refractivity contribution >= 4 is 44.3 Å². The number of aromatic amines is 1. The lowest BCUT2D eigenvalue weighted by Gasteiger charge is -2.09. The van der Waals surface area contributed by atoms with Crippen molar-refractivity contribution in [3.8, 4) is 0 Å². The number of benzene rings is 3. The van der Waals surface area contributed by atoms with Gasteiger partial charge in [-0.25, -0.2) is 9.97 Å². The standard InChI is InChI=1S/C22H16N4O2S/c1-26-21(28)16-10-13-6-2-3-7-14(13)11-18(16)24-22(26)29-12-19-23-17-9-5-4-8-15(17)20(27)25-19/h2-11H,12H2,1H3,(H,23,25,27). The van der Waals surface area contributed by atoms with Crippen LogP contribution in [0.4, 0.5) is 0 Å². The summed E-state index contributed by atoms with van der Waals surface area (Å²) in [6, 6.07) is 19.0. The average molecular weight is 400 g/mol. The maximum atomic E-state index is 12.9. The van der Waals surface area contributed by atoms with Gasteiger partial charge in [-0.2, -0.15) is 0 Å². The zero-order chi connectivity index (χ0) is 20.0. The third kappa shape index (κ3) is 3.09. The predicted molar refractivity (Wildman–Crippen MR) is 116 cm³/mol. The molecule has 0 bridgehead atoms. The van der Waals surface area contributed by atoms with E-state index in [1.807, 2.05) is 54.6 Å². The minimum atomic E-state index is -0.168. The smallest absolute Gasteiger partial charge is 0.261 e. The number of para-hydroxylation sites is 1. The number of hydrogen-bond acceptors (Lipinski definition) is 5. The largest absolute Gasteiger partial charge is 0.309 e. The van der Waals surface area contributed by atoms with Gasteiger partial charge in [0.15, 0.2) is 5.16 Å². The van der Waals surface area contributed by atoms with E-state index in [4.69, 9.17) is 4.98 Å². The molecule has 0 unspecified atom stereocenters. The summed E-state index contributed by atoms with van der Waals surface area (Å²) in [4.78, 5) is 37.1. The molecule has 0 amide bonds. The van der Waals surface area contributed by atoms with Crippen LogP contribution in [-0.2, 0) is 12.8 Å². The third-order valence-corrected chi connectivity index (χ3v) is 5.94. The fraction of sp³-hybridized carbons (Fsp3) is 0.0909. The summed E-state index contributed by atoms with van der Waals surface area (Å²) in [6.07, 6.45) is 0. The number of thioether (sulfide) groups is 1. The maximum Gasteiger partial charge on any atom is 0.261 e. The summed E-state index contributed by atoms with van der Waals surface area (Å²) < 4.78 is 1.54. The summed E-state index contributed by atoms with van der Waals surface area (Å²) in [5.74, 6) is 0.950. The van der Waals surface area contributed by atoms with Gasteiger partial charge in [-0.1, -0.05) is 48.2 Å². The van der Waals surface area contributed by atoms with Crippen LogP contribution in [0.1, 0.15) is 5.82 Å². The van der Waals surface area contributed by atoms with E-state index >= 15 is 0 Å². The Labute approximate surface area is 169 Å². The Hall–Kier alpha value is -3.45. The molecular weight excluding hydrogens is 384 g/mol. The van der Waals surface area contributed by atoms with Crippen LogP contribution in [0, 0.1) is 0 Å². The molecule has 7 heteroatoms. The van der Waals surface area contributed by atoms with E-state index < -0.39 is 0 Å². The van der Waals surface area contributed by atoms with Crippen molar-refractivity contribution < 1.29 is 0 Å². The fourth-order valence-corrected chi connectivity index (χ4v) is 4.24. The molecule has 5 rings (SSSR count). The highest BCUT2D eigenvalue weighted by Gasteiger charge is 2.11. The topological polar surface area (TPSA) is 80.6 Å². The summed E-state index contributed by atoms with van der Waals surface area (Å²) in [5.41, 5.74) is 1.05. The molecule has 2 aromatic heterocycles. The van der Waals surface area contributed by atoms with E-state index in [-0.39, 0.29) is 11.1 Å². The highest BCUT2D eigenvalue weighted by atomic mass is 32.2. The Morgan fingerprint density at radius 3 is 2.45 bits per heavy atom. The van der Waals surface area contributed by atoms with E-state index in [1.54, 1.807) is 17.7 Å². The minimum absolute atomic E-state index is 0.0942. The first-order chi connectivity index (χ1) is 14.1. The van der Waals surface area contributed by atoms with E-state index in [2.05, 4.69) is 9.97 Å². The van der Waals surface area contributed by atoms with Gasteiger partial charge in [-0.05, 0) is 35.0 Å². The van der Waals surface area contributed by atoms with Crippen molar-refractivity contribution in [2.45, 2.75) is 10.9 Å². The normalized spacial score (nSPS) is 11.5. The Morgan fingerprint density at radius 2 is 1.62 bits per heavy atom. The fourth-order valence-electron chi connectivity index (χ4n) is 3.40. The Kier molecular flexibility index (Phi) is 4.17. The molecule has 0 aliphatic heterocycles. The molecule has 0 saturated heterocycles. The lowest BCUT2D eigenvalue weighted by Crippen LogP contribution is -2.20. The van der Waals surface area contributed by atoms with Gasteiger partial charge >= 0.3 is 0 Å². The number of nitrogens with zero attached hydrogens (tertiary/aromatic N) is 3. The van der Waals surface area contributed by atoms with Gasteiger partial charge < -0.3 is 4.98 Å². The summed E-state index contributed by atoms with van der Waals surface area (Å²) in [7, 11) is 1.71. The molecule has 0 aliphatic rings. The molecule has 0 atom stereocenters. The van der Waals surface area contributed by atoms with Crippen LogP contribution in [0.15, 0.2) is 75.4 Å². The van der Waals surface area contributed by atoms with Gasteiger partial charge in [0.05, 0.1) is 27.6 Å². The molecule has 3 aromatic carbocycles. The van der Waals surface area contributed by atoms with Crippen molar-refractivity contribution in [2.75, 3.05) is 0 Å². The Bertz CT molecular complexity index is 1520. The molecule has 0 saturated carbocycles. The molecule has 5 aromatic rings. The lowest BCUT2D eigenvalue weighted by atomic mass is 10.1. The number of H-pyrrole nitrogens is 1. The van der Waals surface area contributed by atoms with Crippen molar-refractivity contribution in [3.63, 3.8) is 0 Å². The monoisotopic (exact) mass is 400 g/mol. The summed E-state index contributed by atoms with van der Waals surface area (Å²) >= 11 is 1.37. The zero-order valence-corrected chi connectivity index (χ0v) is 16.4. The molecule has 0 radical (unpaired) electrons. The number of aromatic nitrogens is 4. The second kappa shape index (κ2) is 6.86. The molecule has 6 nitrogen and oxygen atoms in total. The Balaban J connectivity index is 1.55. The lowest BCUT2D eigenvalue weighted by molar-refractivity contribution is 0.726. The minimum Gasteiger partial charge on any atom is -0.309 e. The van der Waals surface area contributed by atoms with Crippen molar-refractivity contribution in [2.24, 2.45) is 7.05 Å². The van der Waals surface area contributed by atoms with Crippen molar-refractivity contribution in [1.82, 2.24) is 19.5 Å².